The second kappa shape index (κ2) is 5.82. The number of ether oxygens (including phenoxy) is 3. The SMILES string of the molecule is COC(=O)C1(C)CCCC1(C)c1cc(OC)c(C)cc1OC. The molecule has 1 aliphatic carbocycles. The smallest absolute Gasteiger partial charge is 0.312 e. The molecule has 122 valence electrons. The highest BCUT2D eigenvalue weighted by molar-refractivity contribution is 5.79. The van der Waals surface area contributed by atoms with Gasteiger partial charge in [-0.3, -0.25) is 4.79 Å². The summed E-state index contributed by atoms with van der Waals surface area (Å²) in [4.78, 5) is 12.5. The molecule has 0 spiro atoms. The van der Waals surface area contributed by atoms with Crippen molar-refractivity contribution in [1.29, 1.82) is 0 Å². The Bertz CT molecular complexity index is 581. The molecule has 0 aromatic heterocycles. The molecule has 1 fully saturated rings. The summed E-state index contributed by atoms with van der Waals surface area (Å²) < 4.78 is 16.2. The van der Waals surface area contributed by atoms with E-state index in [1.54, 1.807) is 14.2 Å². The lowest BCUT2D eigenvalue weighted by Crippen LogP contribution is -2.43. The van der Waals surface area contributed by atoms with Crippen molar-refractivity contribution in [1.82, 2.24) is 0 Å². The zero-order valence-electron chi connectivity index (χ0n) is 14.4. The quantitative estimate of drug-likeness (QED) is 0.797. The number of hydrogen-bond donors (Lipinski definition) is 0. The van der Waals surface area contributed by atoms with Crippen LogP contribution in [0.2, 0.25) is 0 Å². The Labute approximate surface area is 132 Å². The van der Waals surface area contributed by atoms with E-state index in [-0.39, 0.29) is 11.4 Å². The Kier molecular flexibility index (Phi) is 4.41. The summed E-state index contributed by atoms with van der Waals surface area (Å²) in [6, 6.07) is 4.00. The second-order valence-electron chi connectivity index (χ2n) is 6.53. The summed E-state index contributed by atoms with van der Waals surface area (Å²) in [6.45, 7) is 6.11. The van der Waals surface area contributed by atoms with Gasteiger partial charge in [-0.2, -0.15) is 0 Å². The number of aryl methyl sites for hydroxylation is 1. The van der Waals surface area contributed by atoms with Crippen LogP contribution in [-0.2, 0) is 14.9 Å². The fraction of sp³-hybridized carbons (Fsp3) is 0.611. The molecule has 1 saturated carbocycles. The first-order valence-corrected chi connectivity index (χ1v) is 7.65. The van der Waals surface area contributed by atoms with Crippen LogP contribution in [-0.4, -0.2) is 27.3 Å². The van der Waals surface area contributed by atoms with Crippen LogP contribution in [0.3, 0.4) is 0 Å². The Hall–Kier alpha value is -1.71. The van der Waals surface area contributed by atoms with E-state index >= 15 is 0 Å². The van der Waals surface area contributed by atoms with Gasteiger partial charge < -0.3 is 14.2 Å². The first-order chi connectivity index (χ1) is 10.3. The number of carbonyl (C=O) groups excluding carboxylic acids is 1. The number of hydrogen-bond acceptors (Lipinski definition) is 4. The zero-order valence-corrected chi connectivity index (χ0v) is 14.4. The molecule has 0 radical (unpaired) electrons. The Morgan fingerprint density at radius 3 is 2.23 bits per heavy atom. The van der Waals surface area contributed by atoms with Gasteiger partial charge in [-0.15, -0.1) is 0 Å². The van der Waals surface area contributed by atoms with Gasteiger partial charge in [0.15, 0.2) is 0 Å². The summed E-state index contributed by atoms with van der Waals surface area (Å²) in [5, 5.41) is 0. The normalized spacial score (nSPS) is 27.5. The van der Waals surface area contributed by atoms with Gasteiger partial charge in [-0.25, -0.2) is 0 Å². The lowest BCUT2D eigenvalue weighted by molar-refractivity contribution is -0.154. The second-order valence-corrected chi connectivity index (χ2v) is 6.53. The molecule has 22 heavy (non-hydrogen) atoms. The molecule has 1 aromatic carbocycles. The molecule has 4 heteroatoms. The third-order valence-corrected chi connectivity index (χ3v) is 5.52. The van der Waals surface area contributed by atoms with Crippen LogP contribution >= 0.6 is 0 Å². The van der Waals surface area contributed by atoms with Gasteiger partial charge in [0.2, 0.25) is 0 Å². The van der Waals surface area contributed by atoms with E-state index in [2.05, 4.69) is 6.92 Å². The average Bonchev–Trinajstić information content (AvgIpc) is 2.83. The number of methoxy groups -OCH3 is 3. The van der Waals surface area contributed by atoms with Gasteiger partial charge >= 0.3 is 5.97 Å². The standard InChI is InChI=1S/C18H26O4/c1-12-10-15(21-5)13(11-14(12)20-4)17(2)8-7-9-18(17,3)16(19)22-6/h10-11H,7-9H2,1-6H3. The first kappa shape index (κ1) is 16.7. The molecule has 0 amide bonds. The highest BCUT2D eigenvalue weighted by atomic mass is 16.5. The van der Waals surface area contributed by atoms with Crippen molar-refractivity contribution in [3.05, 3.63) is 23.3 Å². The summed E-state index contributed by atoms with van der Waals surface area (Å²) in [7, 11) is 4.78. The van der Waals surface area contributed by atoms with Crippen LogP contribution in [0.1, 0.15) is 44.2 Å². The third-order valence-electron chi connectivity index (χ3n) is 5.52. The average molecular weight is 306 g/mol. The van der Waals surface area contributed by atoms with Gasteiger partial charge in [-0.05, 0) is 44.4 Å². The molecule has 0 heterocycles. The minimum Gasteiger partial charge on any atom is -0.496 e. The summed E-state index contributed by atoms with van der Waals surface area (Å²) in [6.07, 6.45) is 2.72. The topological polar surface area (TPSA) is 44.8 Å². The van der Waals surface area contributed by atoms with Crippen molar-refractivity contribution in [2.75, 3.05) is 21.3 Å². The lowest BCUT2D eigenvalue weighted by Gasteiger charge is -2.40. The van der Waals surface area contributed by atoms with Crippen molar-refractivity contribution in [2.24, 2.45) is 5.41 Å². The van der Waals surface area contributed by atoms with E-state index < -0.39 is 5.41 Å². The van der Waals surface area contributed by atoms with Crippen LogP contribution in [0.5, 0.6) is 11.5 Å². The third kappa shape index (κ3) is 2.25. The molecule has 1 aromatic rings. The molecule has 1 aliphatic rings. The molecule has 2 rings (SSSR count). The highest BCUT2D eigenvalue weighted by Crippen LogP contribution is 2.57. The maximum Gasteiger partial charge on any atom is 0.312 e. The fourth-order valence-electron chi connectivity index (χ4n) is 3.81. The number of rotatable bonds is 4. The van der Waals surface area contributed by atoms with E-state index in [1.165, 1.54) is 7.11 Å². The number of benzene rings is 1. The Morgan fingerprint density at radius 1 is 1.05 bits per heavy atom. The van der Waals surface area contributed by atoms with E-state index in [4.69, 9.17) is 14.2 Å². The van der Waals surface area contributed by atoms with Gasteiger partial charge in [-0.1, -0.05) is 13.3 Å². The number of carbonyl (C=O) groups is 1. The highest BCUT2D eigenvalue weighted by Gasteiger charge is 2.56. The van der Waals surface area contributed by atoms with Crippen molar-refractivity contribution < 1.29 is 19.0 Å². The van der Waals surface area contributed by atoms with E-state index in [0.717, 1.165) is 41.9 Å². The Morgan fingerprint density at radius 2 is 1.68 bits per heavy atom. The van der Waals surface area contributed by atoms with Crippen molar-refractivity contribution >= 4 is 5.97 Å². The molecule has 2 unspecified atom stereocenters. The van der Waals surface area contributed by atoms with Crippen molar-refractivity contribution in [2.45, 2.75) is 45.4 Å². The summed E-state index contributed by atoms with van der Waals surface area (Å²) in [5.41, 5.74) is 1.13. The number of esters is 1. The largest absolute Gasteiger partial charge is 0.496 e. The summed E-state index contributed by atoms with van der Waals surface area (Å²) >= 11 is 0. The molecule has 0 bridgehead atoms. The van der Waals surface area contributed by atoms with E-state index in [0.29, 0.717) is 0 Å². The van der Waals surface area contributed by atoms with Crippen LogP contribution in [0.15, 0.2) is 12.1 Å². The minimum atomic E-state index is -0.560. The van der Waals surface area contributed by atoms with Crippen LogP contribution in [0.25, 0.3) is 0 Å². The van der Waals surface area contributed by atoms with Crippen molar-refractivity contribution in [3.8, 4) is 11.5 Å². The van der Waals surface area contributed by atoms with Gasteiger partial charge in [0.05, 0.1) is 26.7 Å². The first-order valence-electron chi connectivity index (χ1n) is 7.65. The molecule has 0 N–H and O–H groups in total. The maximum absolute atomic E-state index is 12.5. The molecule has 0 aliphatic heterocycles. The van der Waals surface area contributed by atoms with Crippen LogP contribution < -0.4 is 9.47 Å². The fourth-order valence-corrected chi connectivity index (χ4v) is 3.81. The van der Waals surface area contributed by atoms with Crippen molar-refractivity contribution in [3.63, 3.8) is 0 Å². The van der Waals surface area contributed by atoms with E-state index in [9.17, 15) is 4.79 Å². The maximum atomic E-state index is 12.5. The molecular weight excluding hydrogens is 280 g/mol. The summed E-state index contributed by atoms with van der Waals surface area (Å²) in [5.74, 6) is 1.46. The monoisotopic (exact) mass is 306 g/mol. The Balaban J connectivity index is 2.64. The molecule has 2 atom stereocenters. The predicted molar refractivity (Wildman–Crippen MR) is 85.6 cm³/mol. The van der Waals surface area contributed by atoms with E-state index in [1.807, 2.05) is 26.0 Å². The predicted octanol–water partition coefficient (Wildman–Crippen LogP) is 3.63. The molecule has 4 nitrogen and oxygen atoms in total. The zero-order chi connectivity index (χ0) is 16.5. The minimum absolute atomic E-state index is 0.158. The van der Waals surface area contributed by atoms with Crippen LogP contribution in [0, 0.1) is 12.3 Å². The van der Waals surface area contributed by atoms with Gasteiger partial charge in [0.1, 0.15) is 11.5 Å². The van der Waals surface area contributed by atoms with Gasteiger partial charge in [0, 0.05) is 11.0 Å². The molecule has 0 saturated heterocycles. The van der Waals surface area contributed by atoms with Gasteiger partial charge in [0.25, 0.3) is 0 Å². The van der Waals surface area contributed by atoms with Crippen LogP contribution in [0.4, 0.5) is 0 Å². The lowest BCUT2D eigenvalue weighted by atomic mass is 9.63. The molecular formula is C18H26O4.